The van der Waals surface area contributed by atoms with Gasteiger partial charge in [-0.2, -0.15) is 0 Å². The second-order valence-electron chi connectivity index (χ2n) is 2.41. The van der Waals surface area contributed by atoms with E-state index in [9.17, 15) is 9.18 Å². The Bertz CT molecular complexity index is 327. The molecule has 1 nitrogen and oxygen atoms in total. The van der Waals surface area contributed by atoms with Crippen LogP contribution < -0.4 is 0 Å². The van der Waals surface area contributed by atoms with Crippen molar-refractivity contribution in [2.75, 3.05) is 11.6 Å². The quantitative estimate of drug-likeness (QED) is 0.473. The molecular weight excluding hydrogens is 255 g/mol. The van der Waals surface area contributed by atoms with Gasteiger partial charge >= 0.3 is 0 Å². The molecule has 0 aliphatic rings. The van der Waals surface area contributed by atoms with Crippen LogP contribution in [0.1, 0.15) is 10.4 Å². The van der Waals surface area contributed by atoms with Gasteiger partial charge in [0.1, 0.15) is 5.82 Å². The van der Waals surface area contributed by atoms with Gasteiger partial charge in [0, 0.05) is 10.5 Å². The molecule has 0 unspecified atom stereocenters. The van der Waals surface area contributed by atoms with Gasteiger partial charge in [0.2, 0.25) is 0 Å². The van der Waals surface area contributed by atoms with Crippen LogP contribution >= 0.6 is 27.7 Å². The zero-order valence-electron chi connectivity index (χ0n) is 7.01. The maximum Gasteiger partial charge on any atom is 0.173 e. The number of halogens is 2. The summed E-state index contributed by atoms with van der Waals surface area (Å²) in [6, 6.07) is 4.53. The van der Waals surface area contributed by atoms with Crippen LogP contribution in [-0.2, 0) is 0 Å². The molecule has 0 amide bonds. The van der Waals surface area contributed by atoms with E-state index in [1.54, 1.807) is 18.4 Å². The van der Waals surface area contributed by atoms with Crippen molar-refractivity contribution in [3.05, 3.63) is 29.6 Å². The molecule has 0 aliphatic heterocycles. The second kappa shape index (κ2) is 4.77. The van der Waals surface area contributed by atoms with E-state index >= 15 is 0 Å². The summed E-state index contributed by atoms with van der Waals surface area (Å²) in [5.41, 5.74) is 0.409. The maximum atomic E-state index is 13.2. The molecule has 0 aliphatic carbocycles. The van der Waals surface area contributed by atoms with Gasteiger partial charge in [-0.3, -0.25) is 4.79 Å². The van der Waals surface area contributed by atoms with Crippen molar-refractivity contribution in [3.8, 4) is 0 Å². The lowest BCUT2D eigenvalue weighted by molar-refractivity contribution is 0.102. The Labute approximate surface area is 88.8 Å². The Hall–Kier alpha value is -0.350. The average molecular weight is 263 g/mol. The van der Waals surface area contributed by atoms with Crippen LogP contribution in [0, 0.1) is 5.82 Å². The predicted molar refractivity (Wildman–Crippen MR) is 56.3 cm³/mol. The lowest BCUT2D eigenvalue weighted by atomic mass is 10.1. The summed E-state index contributed by atoms with van der Waals surface area (Å²) in [5, 5.41) is 0.227. The minimum atomic E-state index is -0.334. The van der Waals surface area contributed by atoms with Crippen LogP contribution in [-0.4, -0.2) is 17.4 Å². The molecule has 1 aromatic carbocycles. The third-order valence-electron chi connectivity index (χ3n) is 1.60. The Kier molecular flexibility index (Phi) is 3.93. The summed E-state index contributed by atoms with van der Waals surface area (Å²) in [6.07, 6.45) is 1.80. The molecular formula is C9H8BrFOS. The van der Waals surface area contributed by atoms with Gasteiger partial charge in [-0.25, -0.2) is 4.39 Å². The molecule has 70 valence electrons. The number of carbonyl (C=O) groups excluding carboxylic acids is 1. The Morgan fingerprint density at radius 1 is 1.62 bits per heavy atom. The third kappa shape index (κ3) is 2.54. The van der Waals surface area contributed by atoms with Crippen LogP contribution in [0.4, 0.5) is 4.39 Å². The molecule has 0 fully saturated rings. The van der Waals surface area contributed by atoms with Crippen molar-refractivity contribution >= 4 is 33.5 Å². The predicted octanol–water partition coefficient (Wildman–Crippen LogP) is 3.13. The normalized spacial score (nSPS) is 10.1. The second-order valence-corrected chi connectivity index (χ2v) is 3.81. The van der Waals surface area contributed by atoms with Gasteiger partial charge in [0.15, 0.2) is 5.78 Å². The van der Waals surface area contributed by atoms with E-state index in [-0.39, 0.29) is 16.9 Å². The number of carbonyl (C=O) groups is 1. The van der Waals surface area contributed by atoms with Crippen LogP contribution in [0.15, 0.2) is 23.1 Å². The SMILES string of the molecule is CSc1ccc(C(=O)CBr)cc1F. The first-order valence-corrected chi connectivity index (χ1v) is 5.96. The van der Waals surface area contributed by atoms with Crippen molar-refractivity contribution in [2.45, 2.75) is 4.90 Å². The fourth-order valence-electron chi connectivity index (χ4n) is 0.917. The molecule has 0 spiro atoms. The summed E-state index contributed by atoms with van der Waals surface area (Å²) in [7, 11) is 0. The number of hydrogen-bond acceptors (Lipinski definition) is 2. The zero-order chi connectivity index (χ0) is 9.84. The number of hydrogen-bond donors (Lipinski definition) is 0. The number of rotatable bonds is 3. The van der Waals surface area contributed by atoms with Gasteiger partial charge in [-0.15, -0.1) is 11.8 Å². The van der Waals surface area contributed by atoms with Crippen molar-refractivity contribution in [2.24, 2.45) is 0 Å². The number of alkyl halides is 1. The van der Waals surface area contributed by atoms with Gasteiger partial charge in [0.05, 0.1) is 5.33 Å². The molecule has 0 heterocycles. The Balaban J connectivity index is 3.02. The van der Waals surface area contributed by atoms with Crippen LogP contribution in [0.3, 0.4) is 0 Å². The van der Waals surface area contributed by atoms with Gasteiger partial charge in [-0.1, -0.05) is 22.0 Å². The summed E-state index contributed by atoms with van der Waals surface area (Å²) >= 11 is 4.36. The largest absolute Gasteiger partial charge is 0.293 e. The molecule has 0 saturated carbocycles. The standard InChI is InChI=1S/C9H8BrFOS/c1-13-9-3-2-6(4-7(9)11)8(12)5-10/h2-4H,5H2,1H3. The minimum Gasteiger partial charge on any atom is -0.293 e. The highest BCUT2D eigenvalue weighted by atomic mass is 79.9. The van der Waals surface area contributed by atoms with Gasteiger partial charge in [0.25, 0.3) is 0 Å². The van der Waals surface area contributed by atoms with E-state index in [0.29, 0.717) is 10.5 Å². The molecule has 0 aromatic heterocycles. The van der Waals surface area contributed by atoms with Gasteiger partial charge in [-0.05, 0) is 18.4 Å². The molecule has 0 bridgehead atoms. The lowest BCUT2D eigenvalue weighted by Crippen LogP contribution is -2.00. The van der Waals surface area contributed by atoms with Crippen LogP contribution in [0.2, 0.25) is 0 Å². The summed E-state index contributed by atoms with van der Waals surface area (Å²) < 4.78 is 13.2. The first kappa shape index (κ1) is 10.7. The van der Waals surface area contributed by atoms with Crippen LogP contribution in [0.25, 0.3) is 0 Å². The molecule has 1 aromatic rings. The summed E-state index contributed by atoms with van der Waals surface area (Å²) in [6.45, 7) is 0. The van der Waals surface area contributed by atoms with Gasteiger partial charge < -0.3 is 0 Å². The van der Waals surface area contributed by atoms with E-state index in [2.05, 4.69) is 15.9 Å². The fourth-order valence-corrected chi connectivity index (χ4v) is 1.70. The van der Waals surface area contributed by atoms with Crippen LogP contribution in [0.5, 0.6) is 0 Å². The number of thioether (sulfide) groups is 1. The number of ketones is 1. The highest BCUT2D eigenvalue weighted by Gasteiger charge is 2.07. The first-order chi connectivity index (χ1) is 6.19. The molecule has 0 atom stereocenters. The van der Waals surface area contributed by atoms with Crippen molar-refractivity contribution in [3.63, 3.8) is 0 Å². The molecule has 0 N–H and O–H groups in total. The number of benzene rings is 1. The smallest absolute Gasteiger partial charge is 0.173 e. The van der Waals surface area contributed by atoms with E-state index in [0.717, 1.165) is 0 Å². The first-order valence-electron chi connectivity index (χ1n) is 3.61. The monoisotopic (exact) mass is 262 g/mol. The van der Waals surface area contributed by atoms with Crippen molar-refractivity contribution in [1.82, 2.24) is 0 Å². The topological polar surface area (TPSA) is 17.1 Å². The van der Waals surface area contributed by atoms with E-state index in [4.69, 9.17) is 0 Å². The van der Waals surface area contributed by atoms with E-state index in [1.165, 1.54) is 17.8 Å². The van der Waals surface area contributed by atoms with E-state index in [1.807, 2.05) is 0 Å². The summed E-state index contributed by atoms with van der Waals surface area (Å²) in [5.74, 6) is -0.439. The highest BCUT2D eigenvalue weighted by Crippen LogP contribution is 2.20. The highest BCUT2D eigenvalue weighted by molar-refractivity contribution is 9.09. The minimum absolute atomic E-state index is 0.105. The molecule has 1 rings (SSSR count). The van der Waals surface area contributed by atoms with Crippen molar-refractivity contribution in [1.29, 1.82) is 0 Å². The maximum absolute atomic E-state index is 13.2. The Morgan fingerprint density at radius 2 is 2.31 bits per heavy atom. The molecule has 13 heavy (non-hydrogen) atoms. The molecule has 0 saturated heterocycles. The third-order valence-corrected chi connectivity index (χ3v) is 2.88. The van der Waals surface area contributed by atoms with E-state index < -0.39 is 0 Å². The van der Waals surface area contributed by atoms with Crippen molar-refractivity contribution < 1.29 is 9.18 Å². The average Bonchev–Trinajstić information content (AvgIpc) is 2.16. The Morgan fingerprint density at radius 3 is 2.77 bits per heavy atom. The zero-order valence-corrected chi connectivity index (χ0v) is 9.41. The molecule has 0 radical (unpaired) electrons. The summed E-state index contributed by atoms with van der Waals surface area (Å²) in [4.78, 5) is 11.7. The lowest BCUT2D eigenvalue weighted by Gasteiger charge is -2.01. The number of Topliss-reactive ketones (excluding diaryl/α,β-unsaturated/α-hetero) is 1. The fraction of sp³-hybridized carbons (Fsp3) is 0.222. The molecule has 4 heteroatoms.